The van der Waals surface area contributed by atoms with E-state index < -0.39 is 22.0 Å². The van der Waals surface area contributed by atoms with Crippen molar-refractivity contribution in [3.63, 3.8) is 0 Å². The van der Waals surface area contributed by atoms with E-state index in [1.807, 2.05) is 6.07 Å². The Bertz CT molecular complexity index is 775. The van der Waals surface area contributed by atoms with E-state index in [1.165, 1.54) is 31.3 Å². The van der Waals surface area contributed by atoms with E-state index in [0.29, 0.717) is 5.02 Å². The first kappa shape index (κ1) is 17.5. The van der Waals surface area contributed by atoms with Crippen molar-refractivity contribution in [2.24, 2.45) is 0 Å². The highest BCUT2D eigenvalue weighted by atomic mass is 35.5. The van der Waals surface area contributed by atoms with Crippen LogP contribution >= 0.6 is 11.6 Å². The highest BCUT2D eigenvalue weighted by Gasteiger charge is 2.32. The predicted molar refractivity (Wildman–Crippen MR) is 88.0 cm³/mol. The summed E-state index contributed by atoms with van der Waals surface area (Å²) in [5.41, 5.74) is 0.748. The second kappa shape index (κ2) is 7.12. The molecule has 1 unspecified atom stereocenters. The molecule has 0 spiro atoms. The first-order valence-corrected chi connectivity index (χ1v) is 8.64. The lowest BCUT2D eigenvalue weighted by molar-refractivity contribution is -0.141. The predicted octanol–water partition coefficient (Wildman–Crippen LogP) is 2.66. The first-order valence-electron chi connectivity index (χ1n) is 6.82. The number of halogens is 1. The molecule has 1 N–H and O–H groups in total. The van der Waals surface area contributed by atoms with Crippen LogP contribution in [0.2, 0.25) is 5.02 Å². The number of benzene rings is 2. The average Bonchev–Trinajstić information content (AvgIpc) is 2.53. The fourth-order valence-corrected chi connectivity index (χ4v) is 3.59. The molecule has 0 radical (unpaired) electrons. The monoisotopic (exact) mass is 353 g/mol. The van der Waals surface area contributed by atoms with Gasteiger partial charge in [-0.2, -0.15) is 4.31 Å². The van der Waals surface area contributed by atoms with Gasteiger partial charge in [-0.25, -0.2) is 8.42 Å². The Morgan fingerprint density at radius 2 is 1.70 bits per heavy atom. The molecule has 5 nitrogen and oxygen atoms in total. The van der Waals surface area contributed by atoms with Gasteiger partial charge >= 0.3 is 5.97 Å². The minimum atomic E-state index is -3.93. The summed E-state index contributed by atoms with van der Waals surface area (Å²) in [4.78, 5) is 11.6. The molecule has 0 fully saturated rings. The molecule has 0 aliphatic rings. The molecule has 0 bridgehead atoms. The van der Waals surface area contributed by atoms with E-state index in [4.69, 9.17) is 11.6 Å². The molecule has 23 heavy (non-hydrogen) atoms. The summed E-state index contributed by atoms with van der Waals surface area (Å²) in [5.74, 6) is -1.20. The molecule has 2 aromatic rings. The second-order valence-electron chi connectivity index (χ2n) is 5.02. The van der Waals surface area contributed by atoms with Crippen LogP contribution in [0.5, 0.6) is 0 Å². The Morgan fingerprint density at radius 3 is 2.22 bits per heavy atom. The Morgan fingerprint density at radius 1 is 1.13 bits per heavy atom. The summed E-state index contributed by atoms with van der Waals surface area (Å²) >= 11 is 5.76. The maximum absolute atomic E-state index is 12.6. The van der Waals surface area contributed by atoms with Crippen molar-refractivity contribution < 1.29 is 18.3 Å². The molecule has 7 heteroatoms. The number of aliphatic carboxylic acids is 1. The molecule has 122 valence electrons. The number of hydrogen-bond acceptors (Lipinski definition) is 3. The van der Waals surface area contributed by atoms with Crippen molar-refractivity contribution in [2.45, 2.75) is 17.4 Å². The van der Waals surface area contributed by atoms with Crippen molar-refractivity contribution in [2.75, 3.05) is 7.05 Å². The Balaban J connectivity index is 2.31. The summed E-state index contributed by atoms with van der Waals surface area (Å²) in [5, 5.41) is 9.84. The number of rotatable bonds is 6. The normalized spacial score (nSPS) is 13.0. The second-order valence-corrected chi connectivity index (χ2v) is 7.45. The number of likely N-dealkylation sites (N-methyl/N-ethyl adjacent to an activating group) is 1. The lowest BCUT2D eigenvalue weighted by Crippen LogP contribution is -2.43. The van der Waals surface area contributed by atoms with Crippen molar-refractivity contribution in [3.8, 4) is 0 Å². The summed E-state index contributed by atoms with van der Waals surface area (Å²) in [6, 6.07) is 13.3. The van der Waals surface area contributed by atoms with Crippen molar-refractivity contribution >= 4 is 27.6 Å². The van der Waals surface area contributed by atoms with Crippen LogP contribution in [-0.2, 0) is 21.2 Å². The van der Waals surface area contributed by atoms with Gasteiger partial charge in [-0.05, 0) is 36.2 Å². The molecule has 2 rings (SSSR count). The number of nitrogens with zero attached hydrogens (tertiary/aromatic N) is 1. The largest absolute Gasteiger partial charge is 0.480 e. The number of carboxylic acid groups (broad SMARTS) is 1. The van der Waals surface area contributed by atoms with Crippen LogP contribution in [-0.4, -0.2) is 36.9 Å². The van der Waals surface area contributed by atoms with Crippen LogP contribution < -0.4 is 0 Å². The molecule has 0 aliphatic heterocycles. The van der Waals surface area contributed by atoms with Crippen molar-refractivity contribution in [1.29, 1.82) is 0 Å². The maximum atomic E-state index is 12.6. The molecule has 0 aromatic heterocycles. The molecule has 2 aromatic carbocycles. The van der Waals surface area contributed by atoms with E-state index in [0.717, 1.165) is 9.87 Å². The van der Waals surface area contributed by atoms with Gasteiger partial charge in [0.1, 0.15) is 6.04 Å². The van der Waals surface area contributed by atoms with E-state index in [2.05, 4.69) is 0 Å². The topological polar surface area (TPSA) is 74.7 Å². The third-order valence-corrected chi connectivity index (χ3v) is 5.62. The summed E-state index contributed by atoms with van der Waals surface area (Å²) in [6.07, 6.45) is 0.0828. The molecule has 0 saturated heterocycles. The quantitative estimate of drug-likeness (QED) is 0.866. The van der Waals surface area contributed by atoms with Gasteiger partial charge in [0.15, 0.2) is 0 Å². The molecule has 0 heterocycles. The zero-order chi connectivity index (χ0) is 17.0. The molecule has 0 saturated carbocycles. The fraction of sp³-hybridized carbons (Fsp3) is 0.188. The lowest BCUT2D eigenvalue weighted by Gasteiger charge is -2.24. The maximum Gasteiger partial charge on any atom is 0.322 e. The van der Waals surface area contributed by atoms with Crippen LogP contribution in [0.1, 0.15) is 5.56 Å². The standard InChI is InChI=1S/C16H16ClNO4S/c1-18(23(21,22)14-9-7-13(17)8-10-14)15(16(19)20)11-12-5-3-2-4-6-12/h2-10,15H,11H2,1H3,(H,19,20). The highest BCUT2D eigenvalue weighted by molar-refractivity contribution is 7.89. The molecule has 0 amide bonds. The van der Waals surface area contributed by atoms with Gasteiger partial charge in [-0.3, -0.25) is 4.79 Å². The van der Waals surface area contributed by atoms with E-state index in [-0.39, 0.29) is 11.3 Å². The number of carbonyl (C=O) groups is 1. The van der Waals surface area contributed by atoms with Crippen LogP contribution in [0.3, 0.4) is 0 Å². The van der Waals surface area contributed by atoms with Gasteiger partial charge < -0.3 is 5.11 Å². The number of carboxylic acids is 1. The van der Waals surface area contributed by atoms with Crippen LogP contribution in [0, 0.1) is 0 Å². The smallest absolute Gasteiger partial charge is 0.322 e. The summed E-state index contributed by atoms with van der Waals surface area (Å²) in [6.45, 7) is 0. The number of hydrogen-bond donors (Lipinski definition) is 1. The van der Waals surface area contributed by atoms with Crippen LogP contribution in [0.4, 0.5) is 0 Å². The van der Waals surface area contributed by atoms with Gasteiger partial charge in [0, 0.05) is 12.1 Å². The average molecular weight is 354 g/mol. The first-order chi connectivity index (χ1) is 10.8. The van der Waals surface area contributed by atoms with Crippen LogP contribution in [0.25, 0.3) is 0 Å². The Labute approximate surface area is 140 Å². The molecular formula is C16H16ClNO4S. The van der Waals surface area contributed by atoms with Gasteiger partial charge in [0.05, 0.1) is 4.90 Å². The fourth-order valence-electron chi connectivity index (χ4n) is 2.15. The molecule has 0 aliphatic carbocycles. The Kier molecular flexibility index (Phi) is 5.41. The molecule has 1 atom stereocenters. The van der Waals surface area contributed by atoms with Gasteiger partial charge in [0.25, 0.3) is 0 Å². The van der Waals surface area contributed by atoms with Crippen LogP contribution in [0.15, 0.2) is 59.5 Å². The van der Waals surface area contributed by atoms with Crippen molar-refractivity contribution in [1.82, 2.24) is 4.31 Å². The summed E-state index contributed by atoms with van der Waals surface area (Å²) in [7, 11) is -2.66. The summed E-state index contributed by atoms with van der Waals surface area (Å²) < 4.78 is 26.1. The van der Waals surface area contributed by atoms with E-state index >= 15 is 0 Å². The van der Waals surface area contributed by atoms with Gasteiger partial charge in [-0.1, -0.05) is 41.9 Å². The lowest BCUT2D eigenvalue weighted by atomic mass is 10.1. The number of sulfonamides is 1. The SMILES string of the molecule is CN(C(Cc1ccccc1)C(=O)O)S(=O)(=O)c1ccc(Cl)cc1. The molecular weight excluding hydrogens is 338 g/mol. The minimum absolute atomic E-state index is 0.00344. The van der Waals surface area contributed by atoms with E-state index in [1.54, 1.807) is 24.3 Å². The zero-order valence-corrected chi connectivity index (χ0v) is 14.0. The zero-order valence-electron chi connectivity index (χ0n) is 12.4. The third kappa shape index (κ3) is 4.10. The van der Waals surface area contributed by atoms with Gasteiger partial charge in [-0.15, -0.1) is 0 Å². The minimum Gasteiger partial charge on any atom is -0.480 e. The van der Waals surface area contributed by atoms with Gasteiger partial charge in [0.2, 0.25) is 10.0 Å². The van der Waals surface area contributed by atoms with E-state index in [9.17, 15) is 18.3 Å². The Hall–Kier alpha value is -1.89. The third-order valence-electron chi connectivity index (χ3n) is 3.49. The highest BCUT2D eigenvalue weighted by Crippen LogP contribution is 2.21. The van der Waals surface area contributed by atoms with Crippen molar-refractivity contribution in [3.05, 3.63) is 65.2 Å².